The normalized spacial score (nSPS) is 31.9. The molecule has 1 saturated heterocycles. The van der Waals surface area contributed by atoms with Crippen LogP contribution in [0.2, 0.25) is 0 Å². The number of hydrogen-bond acceptors (Lipinski definition) is 2. The van der Waals surface area contributed by atoms with Crippen molar-refractivity contribution in [1.82, 2.24) is 0 Å². The molecule has 0 aliphatic carbocycles. The van der Waals surface area contributed by atoms with Crippen LogP contribution in [0.25, 0.3) is 0 Å². The van der Waals surface area contributed by atoms with Gasteiger partial charge in [-0.05, 0) is 13.3 Å². The Morgan fingerprint density at radius 3 is 2.64 bits per heavy atom. The first-order valence-electron chi connectivity index (χ1n) is 4.59. The van der Waals surface area contributed by atoms with Gasteiger partial charge in [-0.25, -0.2) is 0 Å². The van der Waals surface area contributed by atoms with E-state index in [1.54, 1.807) is 6.92 Å². The lowest BCUT2D eigenvalue weighted by Gasteiger charge is -1.96. The molecule has 0 aromatic rings. The summed E-state index contributed by atoms with van der Waals surface area (Å²) in [6.45, 7) is 3.99. The van der Waals surface area contributed by atoms with Crippen LogP contribution >= 0.6 is 0 Å². The molecule has 0 amide bonds. The Balaban J connectivity index is 1.96. The van der Waals surface area contributed by atoms with Crippen molar-refractivity contribution < 1.29 is 9.84 Å². The third kappa shape index (κ3) is 2.80. The molecule has 11 heavy (non-hydrogen) atoms. The summed E-state index contributed by atoms with van der Waals surface area (Å²) in [6, 6.07) is 0. The van der Waals surface area contributed by atoms with Gasteiger partial charge in [-0.3, -0.25) is 0 Å². The Morgan fingerprint density at radius 1 is 1.45 bits per heavy atom. The Morgan fingerprint density at radius 2 is 2.18 bits per heavy atom. The van der Waals surface area contributed by atoms with Crippen molar-refractivity contribution >= 4 is 0 Å². The van der Waals surface area contributed by atoms with Crippen molar-refractivity contribution in [1.29, 1.82) is 0 Å². The second-order valence-electron chi connectivity index (χ2n) is 3.38. The van der Waals surface area contributed by atoms with Crippen molar-refractivity contribution in [3.63, 3.8) is 0 Å². The molecular formula is C9H18O2. The second kappa shape index (κ2) is 4.07. The Hall–Kier alpha value is -0.0800. The molecule has 1 heterocycles. The lowest BCUT2D eigenvalue weighted by atomic mass is 10.1. The molecule has 1 aliphatic heterocycles. The van der Waals surface area contributed by atoms with Gasteiger partial charge in [-0.1, -0.05) is 26.2 Å². The first kappa shape index (κ1) is 9.01. The zero-order chi connectivity index (χ0) is 8.27. The number of epoxide rings is 1. The smallest absolute Gasteiger partial charge is 0.110 e. The summed E-state index contributed by atoms with van der Waals surface area (Å²) >= 11 is 0. The van der Waals surface area contributed by atoms with Gasteiger partial charge < -0.3 is 9.84 Å². The number of hydrogen-bond donors (Lipinski definition) is 1. The van der Waals surface area contributed by atoms with Gasteiger partial charge in [0.15, 0.2) is 0 Å². The minimum absolute atomic E-state index is 0.145. The summed E-state index contributed by atoms with van der Waals surface area (Å²) in [5.41, 5.74) is 0. The summed E-state index contributed by atoms with van der Waals surface area (Å²) in [4.78, 5) is 0. The molecule has 0 bridgehead atoms. The third-order valence-electron chi connectivity index (χ3n) is 2.19. The van der Waals surface area contributed by atoms with Crippen molar-refractivity contribution in [2.24, 2.45) is 0 Å². The zero-order valence-electron chi connectivity index (χ0n) is 7.42. The molecule has 66 valence electrons. The average Bonchev–Trinajstić information content (AvgIpc) is 2.68. The number of aliphatic hydroxyl groups is 1. The van der Waals surface area contributed by atoms with Crippen molar-refractivity contribution in [2.75, 3.05) is 0 Å². The first-order valence-corrected chi connectivity index (χ1v) is 4.59. The van der Waals surface area contributed by atoms with Crippen LogP contribution < -0.4 is 0 Å². The van der Waals surface area contributed by atoms with E-state index < -0.39 is 0 Å². The Bertz CT molecular complexity index is 112. The van der Waals surface area contributed by atoms with E-state index in [2.05, 4.69) is 6.92 Å². The van der Waals surface area contributed by atoms with E-state index >= 15 is 0 Å². The molecule has 0 spiro atoms. The SMILES string of the molecule is CCCCCC1OC1[C@H](C)O. The van der Waals surface area contributed by atoms with Gasteiger partial charge >= 0.3 is 0 Å². The molecule has 0 aromatic heterocycles. The standard InChI is InChI=1S/C9H18O2/c1-3-4-5-6-8-9(11-8)7(2)10/h7-10H,3-6H2,1-2H3/t7-,8?,9?/m0/s1. The topological polar surface area (TPSA) is 32.8 Å². The molecule has 2 nitrogen and oxygen atoms in total. The van der Waals surface area contributed by atoms with Crippen LogP contribution in [0.1, 0.15) is 39.5 Å². The van der Waals surface area contributed by atoms with E-state index in [1.165, 1.54) is 19.3 Å². The van der Waals surface area contributed by atoms with Crippen molar-refractivity contribution in [2.45, 2.75) is 57.8 Å². The second-order valence-corrected chi connectivity index (χ2v) is 3.38. The Kier molecular flexibility index (Phi) is 3.34. The minimum atomic E-state index is -0.276. The van der Waals surface area contributed by atoms with E-state index in [-0.39, 0.29) is 12.2 Å². The van der Waals surface area contributed by atoms with E-state index in [1.807, 2.05) is 0 Å². The van der Waals surface area contributed by atoms with E-state index in [0.717, 1.165) is 6.42 Å². The van der Waals surface area contributed by atoms with Crippen molar-refractivity contribution in [3.05, 3.63) is 0 Å². The average molecular weight is 158 g/mol. The predicted molar refractivity (Wildman–Crippen MR) is 44.5 cm³/mol. The van der Waals surface area contributed by atoms with Crippen LogP contribution in [0.5, 0.6) is 0 Å². The molecule has 1 rings (SSSR count). The maximum atomic E-state index is 9.09. The molecule has 1 aliphatic rings. The maximum Gasteiger partial charge on any atom is 0.110 e. The fraction of sp³-hybridized carbons (Fsp3) is 1.00. The van der Waals surface area contributed by atoms with Crippen LogP contribution in [0.15, 0.2) is 0 Å². The lowest BCUT2D eigenvalue weighted by Crippen LogP contribution is -2.11. The van der Waals surface area contributed by atoms with Crippen LogP contribution in [-0.4, -0.2) is 23.4 Å². The summed E-state index contributed by atoms with van der Waals surface area (Å²) in [5, 5.41) is 9.09. The van der Waals surface area contributed by atoms with Gasteiger partial charge in [-0.15, -0.1) is 0 Å². The zero-order valence-corrected chi connectivity index (χ0v) is 7.42. The van der Waals surface area contributed by atoms with E-state index in [4.69, 9.17) is 9.84 Å². The molecule has 1 fully saturated rings. The van der Waals surface area contributed by atoms with Crippen molar-refractivity contribution in [3.8, 4) is 0 Å². The fourth-order valence-corrected chi connectivity index (χ4v) is 1.41. The number of ether oxygens (including phenoxy) is 1. The molecule has 3 atom stereocenters. The lowest BCUT2D eigenvalue weighted by molar-refractivity contribution is 0.152. The number of unbranched alkanes of at least 4 members (excludes halogenated alkanes) is 2. The molecule has 0 radical (unpaired) electrons. The van der Waals surface area contributed by atoms with Crippen LogP contribution in [0.3, 0.4) is 0 Å². The molecular weight excluding hydrogens is 140 g/mol. The fourth-order valence-electron chi connectivity index (χ4n) is 1.41. The summed E-state index contributed by atoms with van der Waals surface area (Å²) in [5.74, 6) is 0. The highest BCUT2D eigenvalue weighted by Gasteiger charge is 2.41. The van der Waals surface area contributed by atoms with E-state index in [9.17, 15) is 0 Å². The third-order valence-corrected chi connectivity index (χ3v) is 2.19. The summed E-state index contributed by atoms with van der Waals surface area (Å²) in [6.07, 6.45) is 5.14. The van der Waals surface area contributed by atoms with Gasteiger partial charge in [0, 0.05) is 0 Å². The van der Waals surface area contributed by atoms with Gasteiger partial charge in [0.1, 0.15) is 6.10 Å². The number of aliphatic hydroxyl groups excluding tert-OH is 1. The predicted octanol–water partition coefficient (Wildman–Crippen LogP) is 1.71. The van der Waals surface area contributed by atoms with Crippen LogP contribution in [-0.2, 0) is 4.74 Å². The summed E-state index contributed by atoms with van der Waals surface area (Å²) in [7, 11) is 0. The quantitative estimate of drug-likeness (QED) is 0.488. The van der Waals surface area contributed by atoms with Crippen LogP contribution in [0.4, 0.5) is 0 Å². The molecule has 0 saturated carbocycles. The summed E-state index contributed by atoms with van der Waals surface area (Å²) < 4.78 is 5.27. The highest BCUT2D eigenvalue weighted by atomic mass is 16.6. The van der Waals surface area contributed by atoms with Crippen LogP contribution in [0, 0.1) is 0 Å². The Labute approximate surface area is 68.6 Å². The number of rotatable bonds is 5. The largest absolute Gasteiger partial charge is 0.391 e. The van der Waals surface area contributed by atoms with Gasteiger partial charge in [0.25, 0.3) is 0 Å². The van der Waals surface area contributed by atoms with Gasteiger partial charge in [0.2, 0.25) is 0 Å². The maximum absolute atomic E-state index is 9.09. The monoisotopic (exact) mass is 158 g/mol. The van der Waals surface area contributed by atoms with Gasteiger partial charge in [0.05, 0.1) is 12.2 Å². The molecule has 0 aromatic carbocycles. The van der Waals surface area contributed by atoms with E-state index in [0.29, 0.717) is 6.10 Å². The molecule has 1 N–H and O–H groups in total. The highest BCUT2D eigenvalue weighted by Crippen LogP contribution is 2.29. The highest BCUT2D eigenvalue weighted by molar-refractivity contribution is 4.88. The van der Waals surface area contributed by atoms with Gasteiger partial charge in [-0.2, -0.15) is 0 Å². The molecule has 2 heteroatoms. The molecule has 2 unspecified atom stereocenters. The first-order chi connectivity index (χ1) is 5.25. The minimum Gasteiger partial charge on any atom is -0.391 e.